The molecule has 2 aromatic carbocycles. The van der Waals surface area contributed by atoms with Gasteiger partial charge in [-0.2, -0.15) is 10.2 Å². The maximum atomic E-state index is 13.9. The summed E-state index contributed by atoms with van der Waals surface area (Å²) in [4.78, 5) is 65.6. The second-order valence-corrected chi connectivity index (χ2v) is 15.1. The van der Waals surface area contributed by atoms with Gasteiger partial charge in [0.15, 0.2) is 0 Å². The zero-order valence-corrected chi connectivity index (χ0v) is 35.8. The number of rotatable bonds is 10. The van der Waals surface area contributed by atoms with Gasteiger partial charge >= 0.3 is 5.97 Å². The van der Waals surface area contributed by atoms with Gasteiger partial charge in [-0.25, -0.2) is 14.8 Å². The Labute approximate surface area is 361 Å². The summed E-state index contributed by atoms with van der Waals surface area (Å²) in [6.07, 6.45) is 3.75. The van der Waals surface area contributed by atoms with Gasteiger partial charge < -0.3 is 33.8 Å². The van der Waals surface area contributed by atoms with Crippen LogP contribution in [0.15, 0.2) is 48.6 Å². The first-order valence-corrected chi connectivity index (χ1v) is 21.0. The first-order chi connectivity index (χ1) is 30.5. The van der Waals surface area contributed by atoms with Crippen LogP contribution in [-0.4, -0.2) is 119 Å². The topological polar surface area (TPSA) is 230 Å². The molecule has 1 atom stereocenters. The molecule has 1 saturated heterocycles. The van der Waals surface area contributed by atoms with Gasteiger partial charge in [0.2, 0.25) is 17.8 Å². The first-order valence-electron chi connectivity index (χ1n) is 21.0. The predicted octanol–water partition coefficient (Wildman–Crippen LogP) is 3.94. The molecular weight excluding hydrogens is 813 g/mol. The fraction of sp³-hybridized carbons (Fsp3) is 0.395. The third-order valence-corrected chi connectivity index (χ3v) is 10.9. The number of esters is 1. The summed E-state index contributed by atoms with van der Waals surface area (Å²) in [6, 6.07) is 9.41. The molecule has 1 fully saturated rings. The molecule has 0 bridgehead atoms. The van der Waals surface area contributed by atoms with E-state index >= 15 is 0 Å². The molecule has 0 spiro atoms. The first kappa shape index (κ1) is 42.6. The van der Waals surface area contributed by atoms with E-state index in [1.54, 1.807) is 61.8 Å². The van der Waals surface area contributed by atoms with Gasteiger partial charge in [-0.05, 0) is 71.0 Å². The minimum atomic E-state index is -0.679. The van der Waals surface area contributed by atoms with Gasteiger partial charge in [0.25, 0.3) is 11.8 Å². The Morgan fingerprint density at radius 1 is 0.730 bits per heavy atom. The molecule has 2 aliphatic heterocycles. The zero-order chi connectivity index (χ0) is 44.4. The van der Waals surface area contributed by atoms with Crippen LogP contribution in [0.3, 0.4) is 0 Å². The SMILES string of the molecule is CCOC(=O)c1cc2c3c(c1)nc(NC(=O)c1cc(C)nn1CC)n3C/C=C/Cn1c(NC(=O)c3cc(C)nn3CC)nc3cc(C(N)=O)cc(c31)OCC(N1CCOCC1)CO2. The molecule has 2 aliphatic rings. The summed E-state index contributed by atoms with van der Waals surface area (Å²) >= 11 is 0. The molecule has 6 heterocycles. The van der Waals surface area contributed by atoms with E-state index in [2.05, 4.69) is 25.7 Å². The molecule has 4 N–H and O–H groups in total. The molecule has 330 valence electrons. The van der Waals surface area contributed by atoms with Crippen molar-refractivity contribution in [3.63, 3.8) is 0 Å². The highest BCUT2D eigenvalue weighted by Gasteiger charge is 2.28. The third kappa shape index (κ3) is 8.71. The van der Waals surface area contributed by atoms with Crippen molar-refractivity contribution in [3.8, 4) is 11.5 Å². The molecule has 20 nitrogen and oxygen atoms in total. The minimum absolute atomic E-state index is 0.0841. The number of nitrogens with two attached hydrogens (primary N) is 1. The Morgan fingerprint density at radius 2 is 1.22 bits per heavy atom. The number of hydrogen-bond donors (Lipinski definition) is 3. The van der Waals surface area contributed by atoms with E-state index in [9.17, 15) is 19.2 Å². The smallest absolute Gasteiger partial charge is 0.338 e. The fourth-order valence-corrected chi connectivity index (χ4v) is 7.90. The number of aromatic nitrogens is 8. The van der Waals surface area contributed by atoms with Crippen LogP contribution < -0.4 is 25.8 Å². The van der Waals surface area contributed by atoms with Crippen LogP contribution in [-0.2, 0) is 35.7 Å². The van der Waals surface area contributed by atoms with Crippen LogP contribution >= 0.6 is 0 Å². The highest BCUT2D eigenvalue weighted by Crippen LogP contribution is 2.34. The Balaban J connectivity index is 1.27. The number of imidazole rings is 2. The van der Waals surface area contributed by atoms with Crippen LogP contribution in [0, 0.1) is 13.8 Å². The van der Waals surface area contributed by atoms with Crippen LogP contribution in [0.5, 0.6) is 11.5 Å². The highest BCUT2D eigenvalue weighted by molar-refractivity contribution is 6.05. The van der Waals surface area contributed by atoms with Gasteiger partial charge in [-0.15, -0.1) is 0 Å². The number of amides is 3. The average molecular weight is 863 g/mol. The number of allylic oxidation sites excluding steroid dienone is 2. The number of morpholine rings is 1. The van der Waals surface area contributed by atoms with E-state index in [4.69, 9.17) is 34.6 Å². The standard InChI is InChI=1S/C43H50N12O8/c1-6-54-32(17-25(4)49-54)39(57)47-42-45-30-19-27(38(44)56)21-34-36(30)52(42)11-9-10-12-53-37-31(46-43(53)48-40(58)33-18-26(5)50-55(33)7-2)20-28(41(59)61-8-3)22-35(37)63-24-29(23-62-34)51-13-15-60-16-14-51/h9-10,17-22,29H,6-8,11-16,23-24H2,1-5H3,(H2,44,56)(H,45,47,57)(H,46,48,58)/b10-9+. The van der Waals surface area contributed by atoms with Crippen molar-refractivity contribution in [1.29, 1.82) is 0 Å². The lowest BCUT2D eigenvalue weighted by Crippen LogP contribution is -2.49. The minimum Gasteiger partial charge on any atom is -0.490 e. The van der Waals surface area contributed by atoms with Crippen molar-refractivity contribution in [2.45, 2.75) is 66.8 Å². The monoisotopic (exact) mass is 862 g/mol. The molecule has 0 saturated carbocycles. The molecule has 0 radical (unpaired) electrons. The molecule has 6 aromatic rings. The number of anilines is 2. The molecule has 63 heavy (non-hydrogen) atoms. The van der Waals surface area contributed by atoms with Crippen molar-refractivity contribution in [2.24, 2.45) is 5.73 Å². The van der Waals surface area contributed by atoms with Crippen molar-refractivity contribution in [1.82, 2.24) is 43.6 Å². The lowest BCUT2D eigenvalue weighted by molar-refractivity contribution is -0.00549. The molecule has 4 aromatic heterocycles. The zero-order valence-electron chi connectivity index (χ0n) is 35.8. The number of hydrogen-bond acceptors (Lipinski definition) is 13. The van der Waals surface area contributed by atoms with Crippen molar-refractivity contribution < 1.29 is 38.1 Å². The number of carbonyl (C=O) groups is 4. The van der Waals surface area contributed by atoms with E-state index in [0.717, 1.165) is 0 Å². The summed E-state index contributed by atoms with van der Waals surface area (Å²) in [5.74, 6) is -1.03. The molecule has 20 heteroatoms. The summed E-state index contributed by atoms with van der Waals surface area (Å²) in [6.45, 7) is 12.9. The Kier molecular flexibility index (Phi) is 12.3. The maximum Gasteiger partial charge on any atom is 0.338 e. The summed E-state index contributed by atoms with van der Waals surface area (Å²) in [7, 11) is 0. The normalized spacial score (nSPS) is 16.4. The molecular formula is C43H50N12O8. The number of nitrogens with one attached hydrogen (secondary N) is 2. The largest absolute Gasteiger partial charge is 0.490 e. The van der Waals surface area contributed by atoms with E-state index in [1.807, 2.05) is 39.8 Å². The van der Waals surface area contributed by atoms with Gasteiger partial charge in [-0.1, -0.05) is 12.2 Å². The highest BCUT2D eigenvalue weighted by atomic mass is 16.5. The van der Waals surface area contributed by atoms with Crippen LogP contribution in [0.1, 0.15) is 73.9 Å². The Morgan fingerprint density at radius 3 is 1.70 bits per heavy atom. The van der Waals surface area contributed by atoms with Crippen LogP contribution in [0.4, 0.5) is 11.9 Å². The fourth-order valence-electron chi connectivity index (χ4n) is 7.90. The second-order valence-electron chi connectivity index (χ2n) is 15.1. The quantitative estimate of drug-likeness (QED) is 0.131. The van der Waals surface area contributed by atoms with Gasteiger partial charge in [0, 0.05) is 44.8 Å². The Hall–Kier alpha value is -7.06. The molecule has 8 rings (SSSR count). The number of benzene rings is 2. The Bertz CT molecular complexity index is 2760. The van der Waals surface area contributed by atoms with E-state index in [1.165, 1.54) is 0 Å². The molecule has 1 unspecified atom stereocenters. The van der Waals surface area contributed by atoms with Crippen molar-refractivity contribution in [3.05, 3.63) is 82.5 Å². The number of ether oxygens (including phenoxy) is 4. The lowest BCUT2D eigenvalue weighted by Gasteiger charge is -2.34. The van der Waals surface area contributed by atoms with Crippen molar-refractivity contribution in [2.75, 3.05) is 56.8 Å². The number of nitrogens with zero attached hydrogens (tertiary/aromatic N) is 9. The van der Waals surface area contributed by atoms with Gasteiger partial charge in [-0.3, -0.25) is 39.3 Å². The lowest BCUT2D eigenvalue weighted by atomic mass is 10.1. The second kappa shape index (κ2) is 18.1. The number of carbonyl (C=O) groups excluding carboxylic acids is 4. The maximum absolute atomic E-state index is 13.9. The van der Waals surface area contributed by atoms with E-state index in [-0.39, 0.29) is 62.0 Å². The van der Waals surface area contributed by atoms with Crippen LogP contribution in [0.25, 0.3) is 22.1 Å². The van der Waals surface area contributed by atoms with E-state index in [0.29, 0.717) is 95.7 Å². The molecule has 3 amide bonds. The number of primary amides is 1. The molecule has 0 aliphatic carbocycles. The van der Waals surface area contributed by atoms with Gasteiger partial charge in [0.1, 0.15) is 47.1 Å². The average Bonchev–Trinajstić information content (AvgIpc) is 4.04. The van der Waals surface area contributed by atoms with Crippen LogP contribution in [0.2, 0.25) is 0 Å². The van der Waals surface area contributed by atoms with E-state index < -0.39 is 23.7 Å². The van der Waals surface area contributed by atoms with Gasteiger partial charge in [0.05, 0.1) is 53.8 Å². The third-order valence-electron chi connectivity index (χ3n) is 10.9. The number of aryl methyl sites for hydroxylation is 4. The van der Waals surface area contributed by atoms with Crippen molar-refractivity contribution >= 4 is 57.7 Å². The predicted molar refractivity (Wildman–Crippen MR) is 231 cm³/mol. The summed E-state index contributed by atoms with van der Waals surface area (Å²) in [5.41, 5.74) is 10.1. The summed E-state index contributed by atoms with van der Waals surface area (Å²) < 4.78 is 31.3. The summed E-state index contributed by atoms with van der Waals surface area (Å²) in [5, 5.41) is 14.8.